The quantitative estimate of drug-likeness (QED) is 0.797. The number of carbonyl (C=O) groups is 1. The van der Waals surface area contributed by atoms with Crippen LogP contribution in [0.4, 0.5) is 0 Å². The molecule has 0 bridgehead atoms. The highest BCUT2D eigenvalue weighted by Crippen LogP contribution is 2.23. The SMILES string of the molecule is CS(=O)(=O)c1ccc(CCC=O)cc1Br. The van der Waals surface area contributed by atoms with Crippen LogP contribution in [0.1, 0.15) is 12.0 Å². The summed E-state index contributed by atoms with van der Waals surface area (Å²) in [6.07, 6.45) is 3.09. The van der Waals surface area contributed by atoms with Crippen molar-refractivity contribution < 1.29 is 13.2 Å². The summed E-state index contributed by atoms with van der Waals surface area (Å²) in [5.74, 6) is 0. The highest BCUT2D eigenvalue weighted by Gasteiger charge is 2.11. The second-order valence-corrected chi connectivity index (χ2v) is 6.08. The minimum absolute atomic E-state index is 0.275. The van der Waals surface area contributed by atoms with Gasteiger partial charge in [-0.2, -0.15) is 0 Å². The molecule has 0 aliphatic heterocycles. The number of halogens is 1. The smallest absolute Gasteiger partial charge is 0.176 e. The Bertz CT molecular complexity index is 466. The normalized spacial score (nSPS) is 11.3. The molecular formula is C10H11BrO3S. The first-order chi connectivity index (χ1) is 6.95. The van der Waals surface area contributed by atoms with Gasteiger partial charge in [-0.1, -0.05) is 6.07 Å². The number of hydrogen-bond donors (Lipinski definition) is 0. The van der Waals surface area contributed by atoms with Crippen molar-refractivity contribution in [2.45, 2.75) is 17.7 Å². The molecule has 1 rings (SSSR count). The van der Waals surface area contributed by atoms with Gasteiger partial charge in [-0.05, 0) is 40.0 Å². The van der Waals surface area contributed by atoms with Crippen LogP contribution in [0.2, 0.25) is 0 Å². The van der Waals surface area contributed by atoms with E-state index in [1.54, 1.807) is 18.2 Å². The zero-order valence-corrected chi connectivity index (χ0v) is 10.6. The van der Waals surface area contributed by atoms with E-state index in [0.717, 1.165) is 18.1 Å². The Labute approximate surface area is 97.5 Å². The van der Waals surface area contributed by atoms with Gasteiger partial charge < -0.3 is 4.79 Å². The number of rotatable bonds is 4. The van der Waals surface area contributed by atoms with E-state index in [1.165, 1.54) is 0 Å². The Hall–Kier alpha value is -0.680. The minimum atomic E-state index is -3.19. The lowest BCUT2D eigenvalue weighted by atomic mass is 10.1. The van der Waals surface area contributed by atoms with Crippen LogP contribution in [0.5, 0.6) is 0 Å². The molecule has 0 amide bonds. The standard InChI is InChI=1S/C10H11BrO3S/c1-15(13,14)10-5-4-8(3-2-6-12)7-9(10)11/h4-7H,2-3H2,1H3. The van der Waals surface area contributed by atoms with E-state index >= 15 is 0 Å². The molecule has 0 atom stereocenters. The van der Waals surface area contributed by atoms with E-state index in [2.05, 4.69) is 15.9 Å². The van der Waals surface area contributed by atoms with E-state index in [-0.39, 0.29) is 4.90 Å². The second kappa shape index (κ2) is 4.90. The van der Waals surface area contributed by atoms with E-state index in [1.807, 2.05) is 0 Å². The monoisotopic (exact) mass is 290 g/mol. The average molecular weight is 291 g/mol. The number of hydrogen-bond acceptors (Lipinski definition) is 3. The van der Waals surface area contributed by atoms with Gasteiger partial charge in [0.25, 0.3) is 0 Å². The van der Waals surface area contributed by atoms with Gasteiger partial charge in [0.1, 0.15) is 6.29 Å². The fourth-order valence-corrected chi connectivity index (χ4v) is 3.26. The minimum Gasteiger partial charge on any atom is -0.303 e. The Kier molecular flexibility index (Phi) is 4.04. The van der Waals surface area contributed by atoms with Gasteiger partial charge in [0.2, 0.25) is 0 Å². The molecule has 15 heavy (non-hydrogen) atoms. The summed E-state index contributed by atoms with van der Waals surface area (Å²) in [6.45, 7) is 0. The molecule has 0 saturated carbocycles. The van der Waals surface area contributed by atoms with Gasteiger partial charge in [-0.15, -0.1) is 0 Å². The first-order valence-electron chi connectivity index (χ1n) is 4.37. The summed E-state index contributed by atoms with van der Waals surface area (Å²) in [6, 6.07) is 5.02. The van der Waals surface area contributed by atoms with Gasteiger partial charge in [0.15, 0.2) is 9.84 Å². The lowest BCUT2D eigenvalue weighted by Crippen LogP contribution is -1.99. The third-order valence-electron chi connectivity index (χ3n) is 1.95. The second-order valence-electron chi connectivity index (χ2n) is 3.24. The maximum atomic E-state index is 11.3. The number of carbonyl (C=O) groups excluding carboxylic acids is 1. The van der Waals surface area contributed by atoms with Crippen LogP contribution < -0.4 is 0 Å². The Morgan fingerprint density at radius 1 is 1.40 bits per heavy atom. The Morgan fingerprint density at radius 2 is 2.07 bits per heavy atom. The molecule has 0 aliphatic carbocycles. The van der Waals surface area contributed by atoms with Crippen LogP contribution in [0.25, 0.3) is 0 Å². The van der Waals surface area contributed by atoms with Crippen molar-refractivity contribution in [3.05, 3.63) is 28.2 Å². The molecular weight excluding hydrogens is 280 g/mol. The van der Waals surface area contributed by atoms with Crippen LogP contribution in [-0.4, -0.2) is 21.0 Å². The number of benzene rings is 1. The summed E-state index contributed by atoms with van der Waals surface area (Å²) < 4.78 is 23.1. The molecule has 0 radical (unpaired) electrons. The highest BCUT2D eigenvalue weighted by atomic mass is 79.9. The maximum absolute atomic E-state index is 11.3. The predicted molar refractivity (Wildman–Crippen MR) is 61.6 cm³/mol. The number of aryl methyl sites for hydroxylation is 1. The van der Waals surface area contributed by atoms with Crippen LogP contribution in [0, 0.1) is 0 Å². The van der Waals surface area contributed by atoms with Crippen molar-refractivity contribution in [2.24, 2.45) is 0 Å². The highest BCUT2D eigenvalue weighted by molar-refractivity contribution is 9.10. The van der Waals surface area contributed by atoms with Gasteiger partial charge in [0, 0.05) is 17.1 Å². The third-order valence-corrected chi connectivity index (χ3v) is 4.02. The van der Waals surface area contributed by atoms with Crippen LogP contribution in [-0.2, 0) is 21.1 Å². The molecule has 82 valence electrons. The zero-order chi connectivity index (χ0) is 11.5. The molecule has 0 fully saturated rings. The zero-order valence-electron chi connectivity index (χ0n) is 8.23. The van der Waals surface area contributed by atoms with Crippen LogP contribution in [0.3, 0.4) is 0 Å². The molecule has 0 spiro atoms. The van der Waals surface area contributed by atoms with Gasteiger partial charge in [-0.25, -0.2) is 8.42 Å². The van der Waals surface area contributed by atoms with Crippen molar-refractivity contribution in [3.63, 3.8) is 0 Å². The van der Waals surface area contributed by atoms with Crippen molar-refractivity contribution >= 4 is 32.1 Å². The molecule has 0 unspecified atom stereocenters. The summed E-state index contributed by atoms with van der Waals surface area (Å²) in [7, 11) is -3.19. The van der Waals surface area contributed by atoms with Crippen molar-refractivity contribution in [3.8, 4) is 0 Å². The largest absolute Gasteiger partial charge is 0.303 e. The lowest BCUT2D eigenvalue weighted by Gasteiger charge is -2.04. The predicted octanol–water partition coefficient (Wildman–Crippen LogP) is 1.98. The molecule has 0 saturated heterocycles. The average Bonchev–Trinajstić information content (AvgIpc) is 2.12. The van der Waals surface area contributed by atoms with Crippen LogP contribution >= 0.6 is 15.9 Å². The van der Waals surface area contributed by atoms with Crippen molar-refractivity contribution in [2.75, 3.05) is 6.26 Å². The molecule has 0 aromatic heterocycles. The topological polar surface area (TPSA) is 51.2 Å². The van der Waals surface area contributed by atoms with E-state index in [0.29, 0.717) is 17.3 Å². The summed E-state index contributed by atoms with van der Waals surface area (Å²) in [4.78, 5) is 10.5. The van der Waals surface area contributed by atoms with Gasteiger partial charge in [-0.3, -0.25) is 0 Å². The van der Waals surface area contributed by atoms with Crippen LogP contribution in [0.15, 0.2) is 27.6 Å². The van der Waals surface area contributed by atoms with E-state index < -0.39 is 9.84 Å². The molecule has 0 heterocycles. The molecule has 1 aromatic rings. The van der Waals surface area contributed by atoms with Gasteiger partial charge in [0.05, 0.1) is 4.90 Å². The molecule has 0 aliphatic rings. The number of sulfone groups is 1. The summed E-state index contributed by atoms with van der Waals surface area (Å²) in [5.41, 5.74) is 0.946. The molecule has 5 heteroatoms. The summed E-state index contributed by atoms with van der Waals surface area (Å²) >= 11 is 3.21. The third kappa shape index (κ3) is 3.43. The molecule has 0 N–H and O–H groups in total. The molecule has 3 nitrogen and oxygen atoms in total. The molecule has 1 aromatic carbocycles. The van der Waals surface area contributed by atoms with E-state index in [4.69, 9.17) is 0 Å². The fourth-order valence-electron chi connectivity index (χ4n) is 1.23. The lowest BCUT2D eigenvalue weighted by molar-refractivity contribution is -0.107. The van der Waals surface area contributed by atoms with E-state index in [9.17, 15) is 13.2 Å². The fraction of sp³-hybridized carbons (Fsp3) is 0.300. The first kappa shape index (κ1) is 12.4. The van der Waals surface area contributed by atoms with Crippen molar-refractivity contribution in [1.82, 2.24) is 0 Å². The van der Waals surface area contributed by atoms with Crippen molar-refractivity contribution in [1.29, 1.82) is 0 Å². The maximum Gasteiger partial charge on any atom is 0.176 e. The Morgan fingerprint density at radius 3 is 2.53 bits per heavy atom. The van der Waals surface area contributed by atoms with Gasteiger partial charge >= 0.3 is 0 Å². The first-order valence-corrected chi connectivity index (χ1v) is 7.05. The summed E-state index contributed by atoms with van der Waals surface area (Å²) in [5, 5.41) is 0. The number of aldehydes is 1. The Balaban J connectivity index is 3.04.